The number of likely N-dealkylation sites (tertiary alicyclic amines) is 1. The molecule has 0 amide bonds. The molecule has 1 aliphatic rings. The van der Waals surface area contributed by atoms with Gasteiger partial charge in [0.15, 0.2) is 11.0 Å². The summed E-state index contributed by atoms with van der Waals surface area (Å²) in [6.07, 6.45) is 4.36. The molecule has 0 saturated carbocycles. The summed E-state index contributed by atoms with van der Waals surface area (Å²) in [5, 5.41) is 0.396. The SMILES string of the molecule is Cc1c(-c2ccccc2)oc2c(C(=O)OC(C)CCN3CCCCC3)cccc2c1=O. The van der Waals surface area contributed by atoms with Crippen LogP contribution in [0.25, 0.3) is 22.3 Å². The van der Waals surface area contributed by atoms with Crippen molar-refractivity contribution in [3.8, 4) is 11.3 Å². The summed E-state index contributed by atoms with van der Waals surface area (Å²) in [4.78, 5) is 28.4. The molecule has 1 saturated heterocycles. The Morgan fingerprint density at radius 2 is 1.81 bits per heavy atom. The molecule has 1 fully saturated rings. The molecule has 1 unspecified atom stereocenters. The number of nitrogens with zero attached hydrogens (tertiary/aromatic N) is 1. The largest absolute Gasteiger partial charge is 0.459 e. The van der Waals surface area contributed by atoms with Gasteiger partial charge in [0.05, 0.1) is 5.39 Å². The van der Waals surface area contributed by atoms with E-state index in [2.05, 4.69) is 4.90 Å². The highest BCUT2D eigenvalue weighted by Gasteiger charge is 2.21. The number of para-hydroxylation sites is 1. The zero-order valence-electron chi connectivity index (χ0n) is 18.2. The molecule has 5 heteroatoms. The predicted octanol–water partition coefficient (Wildman–Crippen LogP) is 5.19. The van der Waals surface area contributed by atoms with Crippen molar-refractivity contribution < 1.29 is 13.9 Å². The summed E-state index contributed by atoms with van der Waals surface area (Å²) in [6, 6.07) is 14.5. The third kappa shape index (κ3) is 4.72. The summed E-state index contributed by atoms with van der Waals surface area (Å²) < 4.78 is 11.9. The van der Waals surface area contributed by atoms with Gasteiger partial charge in [-0.05, 0) is 58.3 Å². The van der Waals surface area contributed by atoms with Crippen molar-refractivity contribution in [3.63, 3.8) is 0 Å². The fraction of sp³-hybridized carbons (Fsp3) is 0.385. The second kappa shape index (κ2) is 9.48. The van der Waals surface area contributed by atoms with Gasteiger partial charge in [-0.2, -0.15) is 0 Å². The van der Waals surface area contributed by atoms with Crippen molar-refractivity contribution >= 4 is 16.9 Å². The van der Waals surface area contributed by atoms with Crippen molar-refractivity contribution in [3.05, 3.63) is 69.9 Å². The van der Waals surface area contributed by atoms with Crippen LogP contribution in [0.4, 0.5) is 0 Å². The molecule has 0 spiro atoms. The van der Waals surface area contributed by atoms with E-state index in [9.17, 15) is 9.59 Å². The molecule has 4 rings (SSSR count). The average molecular weight is 420 g/mol. The van der Waals surface area contributed by atoms with E-state index in [1.807, 2.05) is 37.3 Å². The summed E-state index contributed by atoms with van der Waals surface area (Å²) in [6.45, 7) is 6.84. The average Bonchev–Trinajstić information content (AvgIpc) is 2.81. The Balaban J connectivity index is 1.59. The second-order valence-electron chi connectivity index (χ2n) is 8.34. The Morgan fingerprint density at radius 3 is 2.55 bits per heavy atom. The first kappa shape index (κ1) is 21.3. The van der Waals surface area contributed by atoms with E-state index < -0.39 is 5.97 Å². The van der Waals surface area contributed by atoms with Crippen molar-refractivity contribution in [2.45, 2.75) is 45.6 Å². The number of rotatable bonds is 6. The van der Waals surface area contributed by atoms with Gasteiger partial charge in [-0.1, -0.05) is 42.8 Å². The lowest BCUT2D eigenvalue weighted by atomic mass is 10.0. The zero-order valence-corrected chi connectivity index (χ0v) is 18.2. The van der Waals surface area contributed by atoms with Crippen molar-refractivity contribution in [1.29, 1.82) is 0 Å². The minimum atomic E-state index is -0.456. The number of carbonyl (C=O) groups excluding carboxylic acids is 1. The van der Waals surface area contributed by atoms with E-state index in [-0.39, 0.29) is 22.7 Å². The van der Waals surface area contributed by atoms with Crippen LogP contribution in [-0.4, -0.2) is 36.6 Å². The molecule has 0 N–H and O–H groups in total. The van der Waals surface area contributed by atoms with E-state index in [0.717, 1.165) is 31.6 Å². The summed E-state index contributed by atoms with van der Waals surface area (Å²) in [5.74, 6) is 0.0271. The predicted molar refractivity (Wildman–Crippen MR) is 122 cm³/mol. The van der Waals surface area contributed by atoms with Gasteiger partial charge in [0.25, 0.3) is 0 Å². The van der Waals surface area contributed by atoms with Crippen LogP contribution in [0.1, 0.15) is 48.5 Å². The highest BCUT2D eigenvalue weighted by Crippen LogP contribution is 2.27. The van der Waals surface area contributed by atoms with Crippen molar-refractivity contribution in [2.75, 3.05) is 19.6 Å². The number of ether oxygens (including phenoxy) is 1. The van der Waals surface area contributed by atoms with Crippen molar-refractivity contribution in [1.82, 2.24) is 4.90 Å². The zero-order chi connectivity index (χ0) is 21.8. The van der Waals surface area contributed by atoms with Crippen LogP contribution < -0.4 is 5.43 Å². The molecule has 2 aromatic carbocycles. The Bertz CT molecular complexity index is 1110. The summed E-state index contributed by atoms with van der Waals surface area (Å²) >= 11 is 0. The van der Waals surface area contributed by atoms with Gasteiger partial charge in [-0.25, -0.2) is 4.79 Å². The first-order chi connectivity index (χ1) is 15.0. The minimum absolute atomic E-state index is 0.132. The van der Waals surface area contributed by atoms with Gasteiger partial charge in [0.1, 0.15) is 17.4 Å². The molecule has 5 nitrogen and oxygen atoms in total. The van der Waals surface area contributed by atoms with Crippen LogP contribution >= 0.6 is 0 Å². The van der Waals surface area contributed by atoms with Crippen LogP contribution in [0.15, 0.2) is 57.7 Å². The van der Waals surface area contributed by atoms with Crippen LogP contribution in [-0.2, 0) is 4.74 Å². The van der Waals surface area contributed by atoms with E-state index in [4.69, 9.17) is 9.15 Å². The van der Waals surface area contributed by atoms with Gasteiger partial charge in [-0.15, -0.1) is 0 Å². The highest BCUT2D eigenvalue weighted by atomic mass is 16.5. The monoisotopic (exact) mass is 419 g/mol. The number of fused-ring (bicyclic) bond motifs is 1. The van der Waals surface area contributed by atoms with E-state index in [1.54, 1.807) is 25.1 Å². The van der Waals surface area contributed by atoms with Gasteiger partial charge < -0.3 is 14.1 Å². The topological polar surface area (TPSA) is 59.8 Å². The quantitative estimate of drug-likeness (QED) is 0.515. The first-order valence-corrected chi connectivity index (χ1v) is 11.1. The smallest absolute Gasteiger partial charge is 0.342 e. The van der Waals surface area contributed by atoms with E-state index in [0.29, 0.717) is 16.7 Å². The van der Waals surface area contributed by atoms with E-state index in [1.165, 1.54) is 19.3 Å². The Morgan fingerprint density at radius 1 is 1.06 bits per heavy atom. The van der Waals surface area contributed by atoms with Crippen LogP contribution in [0.3, 0.4) is 0 Å². The van der Waals surface area contributed by atoms with Gasteiger partial charge in [0, 0.05) is 17.7 Å². The first-order valence-electron chi connectivity index (χ1n) is 11.1. The fourth-order valence-corrected chi connectivity index (χ4v) is 4.19. The molecule has 1 atom stereocenters. The molecular weight excluding hydrogens is 390 g/mol. The van der Waals surface area contributed by atoms with Gasteiger partial charge in [-0.3, -0.25) is 4.79 Å². The number of piperidine rings is 1. The lowest BCUT2D eigenvalue weighted by molar-refractivity contribution is 0.0298. The second-order valence-corrected chi connectivity index (χ2v) is 8.34. The Labute approximate surface area is 182 Å². The molecule has 1 aliphatic heterocycles. The summed E-state index contributed by atoms with van der Waals surface area (Å²) in [7, 11) is 0. The number of carbonyl (C=O) groups is 1. The maximum Gasteiger partial charge on any atom is 0.342 e. The molecule has 0 bridgehead atoms. The molecule has 31 heavy (non-hydrogen) atoms. The normalized spacial score (nSPS) is 15.7. The lowest BCUT2D eigenvalue weighted by Gasteiger charge is -2.27. The molecule has 1 aromatic heterocycles. The van der Waals surface area contributed by atoms with Gasteiger partial charge in [0.2, 0.25) is 0 Å². The van der Waals surface area contributed by atoms with Gasteiger partial charge >= 0.3 is 5.97 Å². The fourth-order valence-electron chi connectivity index (χ4n) is 4.19. The Hall–Kier alpha value is -2.92. The molecule has 162 valence electrons. The maximum atomic E-state index is 13.0. The number of hydrogen-bond acceptors (Lipinski definition) is 5. The number of benzene rings is 2. The number of hydrogen-bond donors (Lipinski definition) is 0. The standard InChI is InChI=1S/C26H29NO4/c1-18(14-17-27-15-7-4-8-16-27)30-26(29)22-13-9-12-21-23(28)19(2)24(31-25(21)22)20-10-5-3-6-11-20/h3,5-6,9-13,18H,4,7-8,14-17H2,1-2H3. The molecular formula is C26H29NO4. The number of esters is 1. The summed E-state index contributed by atoms with van der Waals surface area (Å²) in [5.41, 5.74) is 1.77. The lowest BCUT2D eigenvalue weighted by Crippen LogP contribution is -2.32. The van der Waals surface area contributed by atoms with Crippen LogP contribution in [0.2, 0.25) is 0 Å². The molecule has 0 radical (unpaired) electrons. The van der Waals surface area contributed by atoms with Crippen molar-refractivity contribution in [2.24, 2.45) is 0 Å². The third-order valence-electron chi connectivity index (χ3n) is 6.01. The van der Waals surface area contributed by atoms with Crippen LogP contribution in [0.5, 0.6) is 0 Å². The third-order valence-corrected chi connectivity index (χ3v) is 6.01. The highest BCUT2D eigenvalue weighted by molar-refractivity contribution is 6.02. The van der Waals surface area contributed by atoms with E-state index >= 15 is 0 Å². The molecule has 0 aliphatic carbocycles. The Kier molecular flexibility index (Phi) is 6.52. The molecule has 2 heterocycles. The minimum Gasteiger partial charge on any atom is -0.459 e. The molecule has 3 aromatic rings. The van der Waals surface area contributed by atoms with Crippen LogP contribution in [0, 0.1) is 6.92 Å². The maximum absolute atomic E-state index is 13.0.